The van der Waals surface area contributed by atoms with Gasteiger partial charge in [-0.15, -0.1) is 5.10 Å². The minimum absolute atomic E-state index is 0.0793. The topological polar surface area (TPSA) is 103 Å². The molecule has 1 aromatic heterocycles. The summed E-state index contributed by atoms with van der Waals surface area (Å²) >= 11 is 0. The summed E-state index contributed by atoms with van der Waals surface area (Å²) in [5.74, 6) is -1.11. The van der Waals surface area contributed by atoms with Gasteiger partial charge in [0.25, 0.3) is 0 Å². The summed E-state index contributed by atoms with van der Waals surface area (Å²) in [6, 6.07) is 6.92. The third-order valence-corrected chi connectivity index (χ3v) is 2.88. The van der Waals surface area contributed by atoms with E-state index in [1.165, 1.54) is 4.68 Å². The lowest BCUT2D eigenvalue weighted by Gasteiger charge is -2.10. The molecule has 0 aliphatic heterocycles. The molecule has 0 saturated carbocycles. The van der Waals surface area contributed by atoms with Gasteiger partial charge in [-0.3, -0.25) is 0 Å². The lowest BCUT2D eigenvalue weighted by Crippen LogP contribution is -2.13. The fourth-order valence-electron chi connectivity index (χ4n) is 1.92. The number of ether oxygens (including phenoxy) is 1. The third-order valence-electron chi connectivity index (χ3n) is 2.88. The van der Waals surface area contributed by atoms with Crippen molar-refractivity contribution in [2.24, 2.45) is 0 Å². The van der Waals surface area contributed by atoms with Crippen LogP contribution in [0.1, 0.15) is 24.3 Å². The summed E-state index contributed by atoms with van der Waals surface area (Å²) in [4.78, 5) is 11.3. The minimum Gasteiger partial charge on any atom is -0.476 e. The Bertz CT molecular complexity index is 620. The zero-order valence-corrected chi connectivity index (χ0v) is 12.0. The predicted molar refractivity (Wildman–Crippen MR) is 77.9 cm³/mol. The van der Waals surface area contributed by atoms with Crippen molar-refractivity contribution in [2.45, 2.75) is 26.5 Å². The molecule has 112 valence electrons. The lowest BCUT2D eigenvalue weighted by atomic mass is 10.1. The number of carboxylic acids is 1. The van der Waals surface area contributed by atoms with Gasteiger partial charge in [0.2, 0.25) is 0 Å². The van der Waals surface area contributed by atoms with E-state index in [-0.39, 0.29) is 11.8 Å². The van der Waals surface area contributed by atoms with Crippen LogP contribution in [0.2, 0.25) is 0 Å². The summed E-state index contributed by atoms with van der Waals surface area (Å²) in [6.07, 6.45) is 0.104. The highest BCUT2D eigenvalue weighted by Gasteiger charge is 2.20. The molecule has 0 saturated heterocycles. The molecule has 2 rings (SSSR count). The monoisotopic (exact) mass is 290 g/mol. The number of carbonyl (C=O) groups is 1. The molecule has 0 atom stereocenters. The first-order valence-corrected chi connectivity index (χ1v) is 6.63. The van der Waals surface area contributed by atoms with Crippen LogP contribution >= 0.6 is 0 Å². The summed E-state index contributed by atoms with van der Waals surface area (Å²) in [5.41, 5.74) is 7.34. The first-order valence-electron chi connectivity index (χ1n) is 6.63. The van der Waals surface area contributed by atoms with E-state index < -0.39 is 5.97 Å². The predicted octanol–water partition coefficient (Wildman–Crippen LogP) is 1.65. The minimum atomic E-state index is -1.11. The van der Waals surface area contributed by atoms with Crippen molar-refractivity contribution in [1.29, 1.82) is 0 Å². The second-order valence-electron chi connectivity index (χ2n) is 4.86. The molecule has 1 heterocycles. The van der Waals surface area contributed by atoms with Gasteiger partial charge in [0.05, 0.1) is 19.3 Å². The van der Waals surface area contributed by atoms with Crippen molar-refractivity contribution in [1.82, 2.24) is 15.0 Å². The first kappa shape index (κ1) is 15.0. The van der Waals surface area contributed by atoms with Gasteiger partial charge in [-0.25, -0.2) is 9.48 Å². The lowest BCUT2D eigenvalue weighted by molar-refractivity contribution is 0.0687. The second kappa shape index (κ2) is 6.36. The van der Waals surface area contributed by atoms with Gasteiger partial charge in [0.15, 0.2) is 5.69 Å². The number of hydrogen-bond acceptors (Lipinski definition) is 5. The molecule has 7 heteroatoms. The standard InChI is InChI=1S/C14H18N4O3/c1-9(2)21-8-7-18-13(12(14(19)20)16-17-18)10-3-5-11(15)6-4-10/h3-6,9H,7-8,15H2,1-2H3,(H,19,20). The Morgan fingerprint density at radius 3 is 2.62 bits per heavy atom. The molecule has 0 spiro atoms. The van der Waals surface area contributed by atoms with Gasteiger partial charge in [-0.1, -0.05) is 17.3 Å². The molecular formula is C14H18N4O3. The Hall–Kier alpha value is -2.41. The van der Waals surface area contributed by atoms with Crippen LogP contribution in [0.4, 0.5) is 5.69 Å². The number of nitrogens with zero attached hydrogens (tertiary/aromatic N) is 3. The highest BCUT2D eigenvalue weighted by molar-refractivity contribution is 5.92. The molecule has 0 aliphatic carbocycles. The number of aromatic carboxylic acids is 1. The van der Waals surface area contributed by atoms with Crippen LogP contribution in [-0.4, -0.2) is 38.8 Å². The van der Waals surface area contributed by atoms with Crippen molar-refractivity contribution in [3.63, 3.8) is 0 Å². The van der Waals surface area contributed by atoms with Crippen molar-refractivity contribution in [2.75, 3.05) is 12.3 Å². The van der Waals surface area contributed by atoms with Crippen molar-refractivity contribution >= 4 is 11.7 Å². The Morgan fingerprint density at radius 1 is 1.38 bits per heavy atom. The molecule has 1 aromatic carbocycles. The van der Waals surface area contributed by atoms with E-state index in [1.807, 2.05) is 13.8 Å². The highest BCUT2D eigenvalue weighted by atomic mass is 16.5. The Labute approximate surface area is 122 Å². The van der Waals surface area contributed by atoms with Crippen LogP contribution in [0.3, 0.4) is 0 Å². The van der Waals surface area contributed by atoms with Gasteiger partial charge in [0, 0.05) is 11.3 Å². The Kier molecular flexibility index (Phi) is 4.54. The van der Waals surface area contributed by atoms with E-state index in [1.54, 1.807) is 24.3 Å². The molecule has 0 bridgehead atoms. The molecule has 0 unspecified atom stereocenters. The summed E-state index contributed by atoms with van der Waals surface area (Å²) in [7, 11) is 0. The molecule has 2 aromatic rings. The van der Waals surface area contributed by atoms with Gasteiger partial charge in [0.1, 0.15) is 5.69 Å². The van der Waals surface area contributed by atoms with Crippen LogP contribution in [-0.2, 0) is 11.3 Å². The Morgan fingerprint density at radius 2 is 2.05 bits per heavy atom. The average Bonchev–Trinajstić information content (AvgIpc) is 2.83. The van der Waals surface area contributed by atoms with E-state index in [4.69, 9.17) is 10.5 Å². The van der Waals surface area contributed by atoms with Crippen LogP contribution in [0.15, 0.2) is 24.3 Å². The van der Waals surface area contributed by atoms with Crippen LogP contribution in [0.5, 0.6) is 0 Å². The fraction of sp³-hybridized carbons (Fsp3) is 0.357. The van der Waals surface area contributed by atoms with E-state index in [0.29, 0.717) is 30.1 Å². The maximum atomic E-state index is 11.3. The number of rotatable bonds is 6. The zero-order chi connectivity index (χ0) is 15.4. The number of aromatic nitrogens is 3. The van der Waals surface area contributed by atoms with Gasteiger partial charge in [-0.05, 0) is 26.0 Å². The van der Waals surface area contributed by atoms with Gasteiger partial charge < -0.3 is 15.6 Å². The van der Waals surface area contributed by atoms with Gasteiger partial charge >= 0.3 is 5.97 Å². The summed E-state index contributed by atoms with van der Waals surface area (Å²) in [5, 5.41) is 16.9. The normalized spacial score (nSPS) is 11.0. The number of nitrogens with two attached hydrogens (primary N) is 1. The van der Waals surface area contributed by atoms with E-state index in [9.17, 15) is 9.90 Å². The van der Waals surface area contributed by atoms with Crippen molar-refractivity contribution in [3.8, 4) is 11.3 Å². The fourth-order valence-corrected chi connectivity index (χ4v) is 1.92. The highest BCUT2D eigenvalue weighted by Crippen LogP contribution is 2.23. The van der Waals surface area contributed by atoms with Crippen molar-refractivity contribution in [3.05, 3.63) is 30.0 Å². The molecule has 0 aliphatic rings. The average molecular weight is 290 g/mol. The number of benzene rings is 1. The number of carboxylic acid groups (broad SMARTS) is 1. The SMILES string of the molecule is CC(C)OCCn1nnc(C(=O)O)c1-c1ccc(N)cc1. The third kappa shape index (κ3) is 3.57. The molecule has 3 N–H and O–H groups in total. The van der Waals surface area contributed by atoms with Crippen LogP contribution in [0, 0.1) is 0 Å². The molecule has 21 heavy (non-hydrogen) atoms. The number of hydrogen-bond donors (Lipinski definition) is 2. The quantitative estimate of drug-likeness (QED) is 0.784. The molecule has 7 nitrogen and oxygen atoms in total. The summed E-state index contributed by atoms with van der Waals surface area (Å²) in [6.45, 7) is 4.73. The smallest absolute Gasteiger partial charge is 0.358 e. The number of anilines is 1. The molecule has 0 fully saturated rings. The maximum Gasteiger partial charge on any atom is 0.358 e. The van der Waals surface area contributed by atoms with Crippen LogP contribution in [0.25, 0.3) is 11.3 Å². The van der Waals surface area contributed by atoms with E-state index in [0.717, 1.165) is 0 Å². The van der Waals surface area contributed by atoms with E-state index in [2.05, 4.69) is 10.3 Å². The Balaban J connectivity index is 2.33. The maximum absolute atomic E-state index is 11.3. The molecule has 0 radical (unpaired) electrons. The van der Waals surface area contributed by atoms with Crippen LogP contribution < -0.4 is 5.73 Å². The molecule has 0 amide bonds. The largest absolute Gasteiger partial charge is 0.476 e. The van der Waals surface area contributed by atoms with Crippen molar-refractivity contribution < 1.29 is 14.6 Å². The molecular weight excluding hydrogens is 272 g/mol. The second-order valence-corrected chi connectivity index (χ2v) is 4.86. The first-order chi connectivity index (χ1) is 9.99. The van der Waals surface area contributed by atoms with E-state index >= 15 is 0 Å². The number of nitrogen functional groups attached to an aromatic ring is 1. The van der Waals surface area contributed by atoms with Gasteiger partial charge in [-0.2, -0.15) is 0 Å². The summed E-state index contributed by atoms with van der Waals surface area (Å²) < 4.78 is 7.01. The zero-order valence-electron chi connectivity index (χ0n) is 12.0.